The predicted molar refractivity (Wildman–Crippen MR) is 59.6 cm³/mol. The van der Waals surface area contributed by atoms with Crippen LogP contribution < -0.4 is 0 Å². The minimum absolute atomic E-state index is 0.0151. The summed E-state index contributed by atoms with van der Waals surface area (Å²) in [6, 6.07) is 3.15. The zero-order valence-corrected chi connectivity index (χ0v) is 9.69. The Hall–Kier alpha value is -1.49. The highest BCUT2D eigenvalue weighted by Crippen LogP contribution is 2.33. The molecule has 2 rings (SSSR count). The maximum atomic E-state index is 13.5. The van der Waals surface area contributed by atoms with E-state index in [9.17, 15) is 14.3 Å². The highest BCUT2D eigenvalue weighted by Gasteiger charge is 2.36. The Labute approximate surface area is 99.1 Å². The van der Waals surface area contributed by atoms with Crippen LogP contribution in [0.25, 0.3) is 0 Å². The molecule has 17 heavy (non-hydrogen) atoms. The molecule has 1 aromatic rings. The highest BCUT2D eigenvalue weighted by atomic mass is 19.1. The summed E-state index contributed by atoms with van der Waals surface area (Å²) >= 11 is 0. The predicted octanol–water partition coefficient (Wildman–Crippen LogP) is 1.05. The van der Waals surface area contributed by atoms with Crippen LogP contribution in [0.3, 0.4) is 0 Å². The molecule has 0 spiro atoms. The van der Waals surface area contributed by atoms with Crippen molar-refractivity contribution in [2.24, 2.45) is 0 Å². The maximum absolute atomic E-state index is 13.5. The number of amides is 1. The summed E-state index contributed by atoms with van der Waals surface area (Å²) in [5.41, 5.74) is -0.979. The Bertz CT molecular complexity index is 428. The van der Waals surface area contributed by atoms with E-state index >= 15 is 0 Å². The van der Waals surface area contributed by atoms with Gasteiger partial charge >= 0.3 is 0 Å². The van der Waals surface area contributed by atoms with Gasteiger partial charge in [-0.25, -0.2) is 4.98 Å². The average Bonchev–Trinajstić information content (AvgIpc) is 2.30. The van der Waals surface area contributed by atoms with E-state index in [1.807, 2.05) is 0 Å². The van der Waals surface area contributed by atoms with Gasteiger partial charge in [0.25, 0.3) is 0 Å². The fourth-order valence-electron chi connectivity index (χ4n) is 2.19. The molecule has 1 fully saturated rings. The molecule has 0 bridgehead atoms. The van der Waals surface area contributed by atoms with Crippen molar-refractivity contribution < 1.29 is 14.3 Å². The number of hydrogen-bond acceptors (Lipinski definition) is 3. The quantitative estimate of drug-likeness (QED) is 0.744. The van der Waals surface area contributed by atoms with E-state index in [0.717, 1.165) is 0 Å². The third kappa shape index (κ3) is 2.29. The van der Waals surface area contributed by atoms with E-state index < -0.39 is 11.5 Å². The van der Waals surface area contributed by atoms with Crippen molar-refractivity contribution in [1.82, 2.24) is 9.88 Å². The molecule has 1 N–H and O–H groups in total. The van der Waals surface area contributed by atoms with Crippen molar-refractivity contribution in [3.05, 3.63) is 29.8 Å². The van der Waals surface area contributed by atoms with Gasteiger partial charge in [-0.2, -0.15) is 4.39 Å². The van der Waals surface area contributed by atoms with Crippen LogP contribution in [0.1, 0.15) is 25.3 Å². The summed E-state index contributed by atoms with van der Waals surface area (Å²) in [6.45, 7) is 2.38. The first-order chi connectivity index (χ1) is 8.03. The molecule has 1 aliphatic rings. The zero-order valence-electron chi connectivity index (χ0n) is 9.69. The molecule has 0 radical (unpaired) electrons. The number of likely N-dealkylation sites (tertiary alicyclic amines) is 1. The molecule has 5 heteroatoms. The zero-order chi connectivity index (χ0) is 12.5. The van der Waals surface area contributed by atoms with Crippen molar-refractivity contribution >= 4 is 5.91 Å². The normalized spacial score (nSPS) is 19.1. The van der Waals surface area contributed by atoms with Crippen LogP contribution in [0.4, 0.5) is 4.39 Å². The lowest BCUT2D eigenvalue weighted by molar-refractivity contribution is -0.133. The average molecular weight is 238 g/mol. The Balaban J connectivity index is 2.18. The van der Waals surface area contributed by atoms with Crippen molar-refractivity contribution in [3.8, 4) is 0 Å². The fraction of sp³-hybridized carbons (Fsp3) is 0.500. The molecule has 0 aromatic carbocycles. The summed E-state index contributed by atoms with van der Waals surface area (Å²) in [6.07, 6.45) is 2.04. The Morgan fingerprint density at radius 3 is 2.71 bits per heavy atom. The number of aromatic nitrogens is 1. The van der Waals surface area contributed by atoms with Gasteiger partial charge in [0.2, 0.25) is 11.9 Å². The van der Waals surface area contributed by atoms with Gasteiger partial charge in [0, 0.05) is 31.8 Å². The van der Waals surface area contributed by atoms with Crippen LogP contribution >= 0.6 is 0 Å². The largest absolute Gasteiger partial charge is 0.385 e. The first-order valence-corrected chi connectivity index (χ1v) is 5.62. The maximum Gasteiger partial charge on any atom is 0.219 e. The number of hydrogen-bond donors (Lipinski definition) is 1. The lowest BCUT2D eigenvalue weighted by Crippen LogP contribution is -2.44. The van der Waals surface area contributed by atoms with Gasteiger partial charge in [-0.05, 0) is 18.9 Å². The third-order valence-electron chi connectivity index (χ3n) is 3.30. The standard InChI is InChI=1S/C12H15FN2O2/c1-9(16)15-7-4-12(17,5-8-15)10-3-2-6-14-11(10)13/h2-3,6,17H,4-5,7-8H2,1H3. The second kappa shape index (κ2) is 4.41. The van der Waals surface area contributed by atoms with Crippen LogP contribution in [0, 0.1) is 5.95 Å². The van der Waals surface area contributed by atoms with Crippen molar-refractivity contribution in [3.63, 3.8) is 0 Å². The Morgan fingerprint density at radius 2 is 2.18 bits per heavy atom. The SMILES string of the molecule is CC(=O)N1CCC(O)(c2cccnc2F)CC1. The van der Waals surface area contributed by atoms with E-state index in [0.29, 0.717) is 25.9 Å². The summed E-state index contributed by atoms with van der Waals surface area (Å²) in [7, 11) is 0. The number of carbonyl (C=O) groups excluding carboxylic acids is 1. The smallest absolute Gasteiger partial charge is 0.219 e. The molecule has 1 saturated heterocycles. The third-order valence-corrected chi connectivity index (χ3v) is 3.30. The molecule has 0 aliphatic carbocycles. The molecule has 2 heterocycles. The minimum atomic E-state index is -1.20. The van der Waals surface area contributed by atoms with Gasteiger partial charge in [-0.1, -0.05) is 6.07 Å². The van der Waals surface area contributed by atoms with Crippen LogP contribution in [0.2, 0.25) is 0 Å². The second-order valence-electron chi connectivity index (χ2n) is 4.38. The van der Waals surface area contributed by atoms with Gasteiger partial charge in [0.1, 0.15) is 0 Å². The Kier molecular flexibility index (Phi) is 3.11. The number of nitrogens with zero attached hydrogens (tertiary/aromatic N) is 2. The second-order valence-corrected chi connectivity index (χ2v) is 4.38. The van der Waals surface area contributed by atoms with E-state index in [2.05, 4.69) is 4.98 Å². The number of carbonyl (C=O) groups is 1. The first kappa shape index (κ1) is 12.0. The molecule has 92 valence electrons. The molecule has 0 unspecified atom stereocenters. The molecule has 1 amide bonds. The number of rotatable bonds is 1. The van der Waals surface area contributed by atoms with Gasteiger partial charge in [-0.15, -0.1) is 0 Å². The number of halogens is 1. The first-order valence-electron chi connectivity index (χ1n) is 5.62. The van der Waals surface area contributed by atoms with Gasteiger partial charge in [-0.3, -0.25) is 4.79 Å². The van der Waals surface area contributed by atoms with Gasteiger partial charge in [0.15, 0.2) is 0 Å². The molecular weight excluding hydrogens is 223 g/mol. The molecule has 0 atom stereocenters. The molecule has 4 nitrogen and oxygen atoms in total. The Morgan fingerprint density at radius 1 is 1.53 bits per heavy atom. The van der Waals surface area contributed by atoms with Crippen LogP contribution in [0.5, 0.6) is 0 Å². The molecule has 0 saturated carbocycles. The lowest BCUT2D eigenvalue weighted by atomic mass is 9.85. The number of aliphatic hydroxyl groups is 1. The minimum Gasteiger partial charge on any atom is -0.385 e. The molecule has 1 aliphatic heterocycles. The number of piperidine rings is 1. The topological polar surface area (TPSA) is 53.4 Å². The van der Waals surface area contributed by atoms with E-state index in [1.165, 1.54) is 13.1 Å². The van der Waals surface area contributed by atoms with Crippen LogP contribution in [-0.4, -0.2) is 34.0 Å². The van der Waals surface area contributed by atoms with Crippen molar-refractivity contribution in [2.75, 3.05) is 13.1 Å². The highest BCUT2D eigenvalue weighted by molar-refractivity contribution is 5.73. The summed E-state index contributed by atoms with van der Waals surface area (Å²) in [4.78, 5) is 16.4. The summed E-state index contributed by atoms with van der Waals surface area (Å²) in [5.74, 6) is -0.648. The van der Waals surface area contributed by atoms with Crippen molar-refractivity contribution in [1.29, 1.82) is 0 Å². The summed E-state index contributed by atoms with van der Waals surface area (Å²) < 4.78 is 13.5. The fourth-order valence-corrected chi connectivity index (χ4v) is 2.19. The molecule has 1 aromatic heterocycles. The van der Waals surface area contributed by atoms with Crippen LogP contribution in [-0.2, 0) is 10.4 Å². The lowest BCUT2D eigenvalue weighted by Gasteiger charge is -2.37. The van der Waals surface area contributed by atoms with Crippen LogP contribution in [0.15, 0.2) is 18.3 Å². The summed E-state index contributed by atoms with van der Waals surface area (Å²) in [5, 5.41) is 10.4. The van der Waals surface area contributed by atoms with E-state index in [-0.39, 0.29) is 11.5 Å². The molecular formula is C12H15FN2O2. The van der Waals surface area contributed by atoms with E-state index in [1.54, 1.807) is 17.0 Å². The number of pyridine rings is 1. The van der Waals surface area contributed by atoms with Gasteiger partial charge in [0.05, 0.1) is 5.60 Å². The monoisotopic (exact) mass is 238 g/mol. The van der Waals surface area contributed by atoms with E-state index in [4.69, 9.17) is 0 Å². The van der Waals surface area contributed by atoms with Gasteiger partial charge < -0.3 is 10.0 Å². The van der Waals surface area contributed by atoms with Crippen molar-refractivity contribution in [2.45, 2.75) is 25.4 Å².